The highest BCUT2D eigenvalue weighted by Crippen LogP contribution is 2.42. The number of carbonyl (C=O) groups is 2. The number of hydrogen-bond donors (Lipinski definition) is 0. The molecule has 1 atom stereocenters. The van der Waals surface area contributed by atoms with Crippen molar-refractivity contribution >= 4 is 40.1 Å². The number of methoxy groups -OCH3 is 1. The Morgan fingerprint density at radius 2 is 1.79 bits per heavy atom. The second-order valence-corrected chi connectivity index (χ2v) is 8.35. The minimum Gasteiger partial charge on any atom is -0.465 e. The normalized spacial score (nSPS) is 15.0. The number of carbonyl (C=O) groups excluding carboxylic acids is 2. The van der Waals surface area contributed by atoms with Gasteiger partial charge in [0.25, 0.3) is 5.91 Å². The molecule has 1 unspecified atom stereocenters. The summed E-state index contributed by atoms with van der Waals surface area (Å²) >= 11 is 6.33. The average Bonchev–Trinajstić information content (AvgIpc) is 3.13. The molecule has 34 heavy (non-hydrogen) atoms. The van der Waals surface area contributed by atoms with Gasteiger partial charge in [0, 0.05) is 10.7 Å². The van der Waals surface area contributed by atoms with Crippen LogP contribution in [0.4, 0.5) is 10.1 Å². The Morgan fingerprint density at radius 1 is 1.06 bits per heavy atom. The van der Waals surface area contributed by atoms with E-state index in [4.69, 9.17) is 20.8 Å². The summed E-state index contributed by atoms with van der Waals surface area (Å²) in [5, 5.41) is 0.485. The number of aryl methyl sites for hydroxylation is 1. The first-order chi connectivity index (χ1) is 16.3. The number of benzene rings is 3. The summed E-state index contributed by atoms with van der Waals surface area (Å²) in [6, 6.07) is 14.2. The fourth-order valence-corrected chi connectivity index (χ4v) is 4.35. The Hall–Kier alpha value is -3.97. The van der Waals surface area contributed by atoms with Crippen molar-refractivity contribution in [1.29, 1.82) is 0 Å². The van der Waals surface area contributed by atoms with Gasteiger partial charge >= 0.3 is 5.97 Å². The zero-order chi connectivity index (χ0) is 24.1. The summed E-state index contributed by atoms with van der Waals surface area (Å²) in [7, 11) is 1.28. The van der Waals surface area contributed by atoms with Crippen molar-refractivity contribution < 1.29 is 23.1 Å². The van der Waals surface area contributed by atoms with Gasteiger partial charge in [-0.25, -0.2) is 9.18 Å². The second-order valence-electron chi connectivity index (χ2n) is 7.94. The summed E-state index contributed by atoms with van der Waals surface area (Å²) in [6.45, 7) is 1.84. The van der Waals surface area contributed by atoms with Crippen LogP contribution in [0.2, 0.25) is 5.02 Å². The molecular formula is C26H17ClFNO5. The van der Waals surface area contributed by atoms with Crippen molar-refractivity contribution in [3.05, 3.63) is 110 Å². The number of rotatable bonds is 3. The van der Waals surface area contributed by atoms with Gasteiger partial charge in [-0.3, -0.25) is 14.5 Å². The maximum Gasteiger partial charge on any atom is 0.337 e. The molecule has 0 spiro atoms. The van der Waals surface area contributed by atoms with Crippen LogP contribution < -0.4 is 10.3 Å². The minimum absolute atomic E-state index is 0.0338. The van der Waals surface area contributed by atoms with Gasteiger partial charge in [0.1, 0.15) is 11.4 Å². The van der Waals surface area contributed by atoms with E-state index in [-0.39, 0.29) is 22.3 Å². The van der Waals surface area contributed by atoms with Gasteiger partial charge in [0.15, 0.2) is 5.43 Å². The van der Waals surface area contributed by atoms with Crippen LogP contribution in [-0.4, -0.2) is 19.0 Å². The molecule has 8 heteroatoms. The molecule has 5 rings (SSSR count). The smallest absolute Gasteiger partial charge is 0.337 e. The third-order valence-electron chi connectivity index (χ3n) is 5.91. The molecule has 3 aromatic carbocycles. The second kappa shape index (κ2) is 8.11. The molecule has 0 bridgehead atoms. The lowest BCUT2D eigenvalue weighted by Crippen LogP contribution is -2.29. The molecule has 0 saturated heterocycles. The number of anilines is 1. The van der Waals surface area contributed by atoms with E-state index in [9.17, 15) is 18.8 Å². The standard InChI is InChI=1S/C26H17ClFNO5/c1-13-3-9-17(12-19(13)27)29-22(14-4-6-15(7-5-14)26(32)33-2)21-23(30)18-11-16(28)8-10-20(18)34-24(21)25(29)31/h3-12,22H,1-2H3. The fourth-order valence-electron chi connectivity index (χ4n) is 4.18. The zero-order valence-corrected chi connectivity index (χ0v) is 18.9. The molecule has 0 saturated carbocycles. The van der Waals surface area contributed by atoms with Crippen molar-refractivity contribution in [3.8, 4) is 0 Å². The summed E-state index contributed by atoms with van der Waals surface area (Å²) < 4.78 is 24.5. The first-order valence-corrected chi connectivity index (χ1v) is 10.7. The predicted octanol–water partition coefficient (Wildman–Crippen LogP) is 5.43. The minimum atomic E-state index is -0.878. The van der Waals surface area contributed by atoms with Crippen molar-refractivity contribution in [2.75, 3.05) is 12.0 Å². The van der Waals surface area contributed by atoms with Crippen LogP contribution in [0.3, 0.4) is 0 Å². The van der Waals surface area contributed by atoms with Gasteiger partial charge in [-0.1, -0.05) is 29.8 Å². The number of halogens is 2. The molecule has 4 aromatic rings. The number of amides is 1. The number of fused-ring (bicyclic) bond motifs is 2. The van der Waals surface area contributed by atoms with Crippen LogP contribution in [0.1, 0.15) is 43.6 Å². The van der Waals surface area contributed by atoms with Crippen LogP contribution in [-0.2, 0) is 4.74 Å². The Labute approximate surface area is 198 Å². The van der Waals surface area contributed by atoms with Crippen LogP contribution in [0.25, 0.3) is 11.0 Å². The molecule has 2 heterocycles. The molecule has 0 radical (unpaired) electrons. The SMILES string of the molecule is COC(=O)c1ccc(C2c3c(oc4ccc(F)cc4c3=O)C(=O)N2c2ccc(C)c(Cl)c2)cc1. The third-order valence-corrected chi connectivity index (χ3v) is 6.32. The van der Waals surface area contributed by atoms with Crippen LogP contribution in [0.5, 0.6) is 0 Å². The number of esters is 1. The molecule has 170 valence electrons. The molecule has 6 nitrogen and oxygen atoms in total. The molecule has 1 aliphatic rings. The van der Waals surface area contributed by atoms with E-state index in [2.05, 4.69) is 0 Å². The van der Waals surface area contributed by atoms with E-state index in [1.165, 1.54) is 18.1 Å². The molecular weight excluding hydrogens is 461 g/mol. The molecule has 1 aromatic heterocycles. The van der Waals surface area contributed by atoms with Gasteiger partial charge in [-0.15, -0.1) is 0 Å². The maximum absolute atomic E-state index is 13.9. The number of hydrogen-bond acceptors (Lipinski definition) is 5. The van der Waals surface area contributed by atoms with Crippen molar-refractivity contribution in [2.24, 2.45) is 0 Å². The van der Waals surface area contributed by atoms with Crippen LogP contribution >= 0.6 is 11.6 Å². The predicted molar refractivity (Wildman–Crippen MR) is 125 cm³/mol. The highest BCUT2D eigenvalue weighted by atomic mass is 35.5. The molecule has 0 N–H and O–H groups in total. The average molecular weight is 478 g/mol. The summed E-state index contributed by atoms with van der Waals surface area (Å²) in [4.78, 5) is 40.4. The summed E-state index contributed by atoms with van der Waals surface area (Å²) in [5.74, 6) is -1.76. The molecule has 1 amide bonds. The van der Waals surface area contributed by atoms with E-state index in [0.717, 1.165) is 17.7 Å². The highest BCUT2D eigenvalue weighted by molar-refractivity contribution is 6.31. The number of ether oxygens (including phenoxy) is 1. The van der Waals surface area contributed by atoms with E-state index >= 15 is 0 Å². The molecule has 1 aliphatic heterocycles. The van der Waals surface area contributed by atoms with Gasteiger partial charge < -0.3 is 9.15 Å². The zero-order valence-electron chi connectivity index (χ0n) is 18.1. The molecule has 0 fully saturated rings. The number of nitrogens with zero attached hydrogens (tertiary/aromatic N) is 1. The Kier molecular flexibility index (Phi) is 5.21. The highest BCUT2D eigenvalue weighted by Gasteiger charge is 2.43. The van der Waals surface area contributed by atoms with Crippen molar-refractivity contribution in [3.63, 3.8) is 0 Å². The quantitative estimate of drug-likeness (QED) is 0.368. The van der Waals surface area contributed by atoms with E-state index < -0.39 is 29.2 Å². The van der Waals surface area contributed by atoms with Gasteiger partial charge in [-0.2, -0.15) is 0 Å². The van der Waals surface area contributed by atoms with Gasteiger partial charge in [0.05, 0.1) is 29.7 Å². The van der Waals surface area contributed by atoms with Gasteiger partial charge in [-0.05, 0) is 60.5 Å². The summed E-state index contributed by atoms with van der Waals surface area (Å²) in [6.07, 6.45) is 0. The Balaban J connectivity index is 1.77. The van der Waals surface area contributed by atoms with Crippen molar-refractivity contribution in [2.45, 2.75) is 13.0 Å². The first kappa shape index (κ1) is 21.9. The third kappa shape index (κ3) is 3.36. The summed E-state index contributed by atoms with van der Waals surface area (Å²) in [5.41, 5.74) is 1.85. The van der Waals surface area contributed by atoms with E-state index in [1.807, 2.05) is 6.92 Å². The van der Waals surface area contributed by atoms with Crippen molar-refractivity contribution in [1.82, 2.24) is 0 Å². The maximum atomic E-state index is 13.9. The Morgan fingerprint density at radius 3 is 2.47 bits per heavy atom. The van der Waals surface area contributed by atoms with Crippen LogP contribution in [0, 0.1) is 12.7 Å². The lowest BCUT2D eigenvalue weighted by Gasteiger charge is -2.25. The first-order valence-electron chi connectivity index (χ1n) is 10.3. The van der Waals surface area contributed by atoms with E-state index in [1.54, 1.807) is 42.5 Å². The lowest BCUT2D eigenvalue weighted by molar-refractivity contribution is 0.0600. The lowest BCUT2D eigenvalue weighted by atomic mass is 9.97. The molecule has 0 aliphatic carbocycles. The largest absolute Gasteiger partial charge is 0.465 e. The Bertz CT molecular complexity index is 1540. The van der Waals surface area contributed by atoms with E-state index in [0.29, 0.717) is 21.8 Å². The fraction of sp³-hybridized carbons (Fsp3) is 0.115. The van der Waals surface area contributed by atoms with Gasteiger partial charge in [0.2, 0.25) is 5.76 Å². The monoisotopic (exact) mass is 477 g/mol. The van der Waals surface area contributed by atoms with Crippen LogP contribution in [0.15, 0.2) is 69.9 Å². The topological polar surface area (TPSA) is 76.8 Å².